The number of nitrogens with zero attached hydrogens (tertiary/aromatic N) is 1. The van der Waals surface area contributed by atoms with Crippen LogP contribution in [0, 0.1) is 0 Å². The molecule has 7 nitrogen and oxygen atoms in total. The molecule has 17 heavy (non-hydrogen) atoms. The second-order valence-electron chi connectivity index (χ2n) is 3.78. The smallest absolute Gasteiger partial charge is 0.330 e. The standard InChI is InChI=1S/C9H11BrN2O5/c10-5-2-12(9(16)11-7(5)15)8-6(14)1-4(3-13)17-8/h2,4,6,8,13-14H,1,3H2,(H,11,15,16)/t4-,6?,8+/m1/s1. The molecule has 94 valence electrons. The van der Waals surface area contributed by atoms with Crippen LogP contribution in [0.25, 0.3) is 0 Å². The molecule has 2 heterocycles. The van der Waals surface area contributed by atoms with E-state index >= 15 is 0 Å². The van der Waals surface area contributed by atoms with Gasteiger partial charge in [-0.25, -0.2) is 4.79 Å². The average molecular weight is 307 g/mol. The van der Waals surface area contributed by atoms with E-state index in [0.717, 1.165) is 4.57 Å². The second kappa shape index (κ2) is 4.73. The van der Waals surface area contributed by atoms with Gasteiger partial charge in [-0.05, 0) is 15.9 Å². The molecule has 0 aliphatic carbocycles. The molecule has 0 radical (unpaired) electrons. The first-order valence-corrected chi connectivity index (χ1v) is 5.77. The van der Waals surface area contributed by atoms with E-state index in [1.54, 1.807) is 0 Å². The maximum atomic E-state index is 11.6. The van der Waals surface area contributed by atoms with Crippen LogP contribution in [0.15, 0.2) is 20.3 Å². The Kier molecular flexibility index (Phi) is 3.48. The molecule has 1 saturated heterocycles. The Bertz CT molecular complexity index is 525. The molecule has 0 amide bonds. The lowest BCUT2D eigenvalue weighted by molar-refractivity contribution is -0.0531. The van der Waals surface area contributed by atoms with Crippen molar-refractivity contribution in [2.45, 2.75) is 24.9 Å². The summed E-state index contributed by atoms with van der Waals surface area (Å²) in [4.78, 5) is 24.8. The summed E-state index contributed by atoms with van der Waals surface area (Å²) in [6.07, 6.45) is -0.804. The summed E-state index contributed by atoms with van der Waals surface area (Å²) in [5, 5.41) is 18.7. The number of H-pyrrole nitrogens is 1. The van der Waals surface area contributed by atoms with Gasteiger partial charge in [-0.1, -0.05) is 0 Å². The lowest BCUT2D eigenvalue weighted by Crippen LogP contribution is -2.35. The van der Waals surface area contributed by atoms with Crippen LogP contribution in [0.5, 0.6) is 0 Å². The molecule has 0 bridgehead atoms. The van der Waals surface area contributed by atoms with Crippen LogP contribution in [0.2, 0.25) is 0 Å². The molecule has 1 unspecified atom stereocenters. The SMILES string of the molecule is O=c1[nH]c(=O)n([C@H]2O[C@@H](CO)CC2O)cc1Br. The van der Waals surface area contributed by atoms with Gasteiger partial charge in [-0.2, -0.15) is 0 Å². The van der Waals surface area contributed by atoms with Crippen molar-refractivity contribution in [3.63, 3.8) is 0 Å². The molecular formula is C9H11BrN2O5. The molecule has 0 aromatic carbocycles. The Hall–Kier alpha value is -0.960. The molecule has 1 fully saturated rings. The summed E-state index contributed by atoms with van der Waals surface area (Å²) in [6, 6.07) is 0. The highest BCUT2D eigenvalue weighted by Crippen LogP contribution is 2.27. The van der Waals surface area contributed by atoms with Crippen molar-refractivity contribution in [2.75, 3.05) is 6.61 Å². The van der Waals surface area contributed by atoms with Gasteiger partial charge in [-0.15, -0.1) is 0 Å². The lowest BCUT2D eigenvalue weighted by atomic mass is 10.2. The molecule has 1 aliphatic heterocycles. The largest absolute Gasteiger partial charge is 0.394 e. The van der Waals surface area contributed by atoms with E-state index < -0.39 is 29.7 Å². The van der Waals surface area contributed by atoms with Crippen molar-refractivity contribution in [1.29, 1.82) is 0 Å². The first kappa shape index (κ1) is 12.5. The van der Waals surface area contributed by atoms with Crippen molar-refractivity contribution < 1.29 is 14.9 Å². The summed E-state index contributed by atoms with van der Waals surface area (Å²) in [7, 11) is 0. The Balaban J connectivity index is 2.38. The van der Waals surface area contributed by atoms with Gasteiger partial charge < -0.3 is 14.9 Å². The lowest BCUT2D eigenvalue weighted by Gasteiger charge is -2.17. The summed E-state index contributed by atoms with van der Waals surface area (Å²) in [5.74, 6) is 0. The Morgan fingerprint density at radius 2 is 2.29 bits per heavy atom. The minimum absolute atomic E-state index is 0.167. The van der Waals surface area contributed by atoms with Gasteiger partial charge in [0.15, 0.2) is 6.23 Å². The fraction of sp³-hybridized carbons (Fsp3) is 0.556. The van der Waals surface area contributed by atoms with Crippen LogP contribution in [0.3, 0.4) is 0 Å². The zero-order valence-corrected chi connectivity index (χ0v) is 10.3. The van der Waals surface area contributed by atoms with Crippen LogP contribution >= 0.6 is 15.9 Å². The fourth-order valence-electron chi connectivity index (χ4n) is 1.75. The zero-order chi connectivity index (χ0) is 12.6. The van der Waals surface area contributed by atoms with E-state index in [0.29, 0.717) is 0 Å². The third kappa shape index (κ3) is 2.34. The van der Waals surface area contributed by atoms with Crippen LogP contribution < -0.4 is 11.2 Å². The molecule has 1 aromatic heterocycles. The van der Waals surface area contributed by atoms with E-state index in [9.17, 15) is 14.7 Å². The molecular weight excluding hydrogens is 296 g/mol. The average Bonchev–Trinajstić information content (AvgIpc) is 2.65. The number of rotatable bonds is 2. The molecule has 3 atom stereocenters. The van der Waals surface area contributed by atoms with Crippen molar-refractivity contribution in [2.24, 2.45) is 0 Å². The molecule has 0 saturated carbocycles. The van der Waals surface area contributed by atoms with Crippen LogP contribution in [0.1, 0.15) is 12.6 Å². The maximum Gasteiger partial charge on any atom is 0.330 e. The van der Waals surface area contributed by atoms with E-state index in [1.165, 1.54) is 6.20 Å². The highest BCUT2D eigenvalue weighted by Gasteiger charge is 2.35. The van der Waals surface area contributed by atoms with Crippen molar-refractivity contribution >= 4 is 15.9 Å². The van der Waals surface area contributed by atoms with E-state index in [-0.39, 0.29) is 17.5 Å². The predicted molar refractivity (Wildman–Crippen MR) is 60.6 cm³/mol. The topological polar surface area (TPSA) is 105 Å². The Labute approximate surface area is 104 Å². The number of halogens is 1. The molecule has 3 N–H and O–H groups in total. The van der Waals surface area contributed by atoms with Gasteiger partial charge in [0.2, 0.25) is 0 Å². The minimum Gasteiger partial charge on any atom is -0.394 e. The molecule has 0 spiro atoms. The molecule has 2 rings (SSSR count). The number of aromatic nitrogens is 2. The van der Waals surface area contributed by atoms with E-state index in [4.69, 9.17) is 9.84 Å². The van der Waals surface area contributed by atoms with Gasteiger partial charge in [0.25, 0.3) is 5.56 Å². The van der Waals surface area contributed by atoms with Gasteiger partial charge in [-0.3, -0.25) is 14.3 Å². The normalized spacial score (nSPS) is 28.5. The number of hydrogen-bond donors (Lipinski definition) is 3. The first-order chi connectivity index (χ1) is 8.02. The van der Waals surface area contributed by atoms with Gasteiger partial charge in [0.05, 0.1) is 17.2 Å². The van der Waals surface area contributed by atoms with Crippen LogP contribution in [-0.2, 0) is 4.74 Å². The van der Waals surface area contributed by atoms with Crippen molar-refractivity contribution in [3.05, 3.63) is 31.5 Å². The highest BCUT2D eigenvalue weighted by molar-refractivity contribution is 9.10. The van der Waals surface area contributed by atoms with E-state index in [2.05, 4.69) is 20.9 Å². The van der Waals surface area contributed by atoms with Gasteiger partial charge in [0.1, 0.15) is 6.10 Å². The Morgan fingerprint density at radius 3 is 2.88 bits per heavy atom. The summed E-state index contributed by atoms with van der Waals surface area (Å²) >= 11 is 2.99. The monoisotopic (exact) mass is 306 g/mol. The summed E-state index contributed by atoms with van der Waals surface area (Å²) < 4.78 is 6.56. The molecule has 8 heteroatoms. The highest BCUT2D eigenvalue weighted by atomic mass is 79.9. The summed E-state index contributed by atoms with van der Waals surface area (Å²) in [6.45, 7) is -0.229. The Morgan fingerprint density at radius 1 is 1.59 bits per heavy atom. The maximum absolute atomic E-state index is 11.6. The van der Waals surface area contributed by atoms with Crippen LogP contribution in [0.4, 0.5) is 0 Å². The number of nitrogens with one attached hydrogen (secondary N) is 1. The van der Waals surface area contributed by atoms with Crippen molar-refractivity contribution in [3.8, 4) is 0 Å². The quantitative estimate of drug-likeness (QED) is 0.646. The predicted octanol–water partition coefficient (Wildman–Crippen LogP) is -1.06. The third-order valence-corrected chi connectivity index (χ3v) is 3.13. The number of hydrogen-bond acceptors (Lipinski definition) is 5. The first-order valence-electron chi connectivity index (χ1n) is 4.98. The third-order valence-electron chi connectivity index (χ3n) is 2.57. The number of aliphatic hydroxyl groups excluding tert-OH is 2. The number of aliphatic hydroxyl groups is 2. The van der Waals surface area contributed by atoms with Crippen LogP contribution in [-0.4, -0.2) is 38.6 Å². The number of ether oxygens (including phenoxy) is 1. The van der Waals surface area contributed by atoms with Gasteiger partial charge >= 0.3 is 5.69 Å². The van der Waals surface area contributed by atoms with Gasteiger partial charge in [0, 0.05) is 12.6 Å². The zero-order valence-electron chi connectivity index (χ0n) is 8.67. The summed E-state index contributed by atoms with van der Waals surface area (Å²) in [5.41, 5.74) is -1.21. The minimum atomic E-state index is -0.900. The second-order valence-corrected chi connectivity index (χ2v) is 4.63. The fourth-order valence-corrected chi connectivity index (χ4v) is 2.07. The number of aromatic amines is 1. The molecule has 1 aromatic rings. The van der Waals surface area contributed by atoms with E-state index in [1.807, 2.05) is 0 Å². The molecule has 1 aliphatic rings. The van der Waals surface area contributed by atoms with Crippen molar-refractivity contribution in [1.82, 2.24) is 9.55 Å².